The van der Waals surface area contributed by atoms with Crippen LogP contribution in [0, 0.1) is 22.0 Å². The van der Waals surface area contributed by atoms with Gasteiger partial charge in [-0.1, -0.05) is 13.8 Å². The molecule has 2 rings (SSSR count). The number of carbonyl (C=O) groups is 1. The lowest BCUT2D eigenvalue weighted by Gasteiger charge is -2.34. The molecule has 1 aromatic carbocycles. The summed E-state index contributed by atoms with van der Waals surface area (Å²) in [6, 6.07) is 5.89. The Labute approximate surface area is 124 Å². The summed E-state index contributed by atoms with van der Waals surface area (Å²) in [6.45, 7) is 6.66. The molecule has 0 bridgehead atoms. The molecule has 1 saturated heterocycles. The summed E-state index contributed by atoms with van der Waals surface area (Å²) in [5, 5.41) is 13.4. The molecular weight excluding hydrogens is 270 g/mol. The van der Waals surface area contributed by atoms with Gasteiger partial charge in [-0.2, -0.15) is 0 Å². The van der Waals surface area contributed by atoms with E-state index in [0.717, 1.165) is 13.1 Å². The average Bonchev–Trinajstić information content (AvgIpc) is 2.37. The lowest BCUT2D eigenvalue weighted by molar-refractivity contribution is -0.384. The first kappa shape index (κ1) is 15.4. The second-order valence-electron chi connectivity index (χ2n) is 5.99. The van der Waals surface area contributed by atoms with Gasteiger partial charge in [-0.3, -0.25) is 19.8 Å². The van der Waals surface area contributed by atoms with Gasteiger partial charge in [-0.05, 0) is 30.4 Å². The number of rotatable bonds is 4. The van der Waals surface area contributed by atoms with E-state index in [4.69, 9.17) is 0 Å². The van der Waals surface area contributed by atoms with Gasteiger partial charge in [-0.25, -0.2) is 0 Å². The maximum atomic E-state index is 12.0. The third kappa shape index (κ3) is 4.53. The Balaban J connectivity index is 1.88. The van der Waals surface area contributed by atoms with Crippen molar-refractivity contribution < 1.29 is 9.72 Å². The number of amides is 1. The second kappa shape index (κ2) is 6.67. The van der Waals surface area contributed by atoms with Crippen molar-refractivity contribution in [2.24, 2.45) is 11.8 Å². The summed E-state index contributed by atoms with van der Waals surface area (Å²) in [5.41, 5.74) is 0.607. The lowest BCUT2D eigenvalue weighted by atomic mass is 9.92. The Kier molecular flexibility index (Phi) is 4.90. The monoisotopic (exact) mass is 291 g/mol. The number of likely N-dealkylation sites (tertiary alicyclic amines) is 1. The summed E-state index contributed by atoms with van der Waals surface area (Å²) in [5.74, 6) is 1.15. The molecule has 1 aliphatic heterocycles. The predicted octanol–water partition coefficient (Wildman–Crippen LogP) is 2.51. The van der Waals surface area contributed by atoms with Crippen molar-refractivity contribution in [3.8, 4) is 0 Å². The second-order valence-corrected chi connectivity index (χ2v) is 5.99. The van der Waals surface area contributed by atoms with Crippen LogP contribution in [0.5, 0.6) is 0 Å². The summed E-state index contributed by atoms with van der Waals surface area (Å²) < 4.78 is 0. The Bertz CT molecular complexity index is 505. The molecule has 0 aliphatic carbocycles. The first-order chi connectivity index (χ1) is 9.94. The number of nitro benzene ring substituents is 1. The molecule has 0 unspecified atom stereocenters. The normalized spacial score (nSPS) is 22.8. The summed E-state index contributed by atoms with van der Waals surface area (Å²) in [4.78, 5) is 24.3. The van der Waals surface area contributed by atoms with Crippen LogP contribution in [0.15, 0.2) is 24.3 Å². The number of piperidine rings is 1. The van der Waals surface area contributed by atoms with Gasteiger partial charge < -0.3 is 5.32 Å². The zero-order valence-corrected chi connectivity index (χ0v) is 12.4. The maximum Gasteiger partial charge on any atom is 0.269 e. The van der Waals surface area contributed by atoms with E-state index in [-0.39, 0.29) is 11.6 Å². The molecule has 1 heterocycles. The van der Waals surface area contributed by atoms with E-state index in [0.29, 0.717) is 24.1 Å². The van der Waals surface area contributed by atoms with Crippen molar-refractivity contribution in [2.75, 3.05) is 25.0 Å². The van der Waals surface area contributed by atoms with Crippen LogP contribution in [0.3, 0.4) is 0 Å². The number of nitro groups is 1. The van der Waals surface area contributed by atoms with Crippen LogP contribution >= 0.6 is 0 Å². The van der Waals surface area contributed by atoms with Crippen LogP contribution in [-0.4, -0.2) is 35.4 Å². The zero-order valence-electron chi connectivity index (χ0n) is 12.4. The number of non-ortho nitro benzene ring substituents is 1. The lowest BCUT2D eigenvalue weighted by Crippen LogP contribution is -2.42. The molecule has 114 valence electrons. The number of hydrogen-bond acceptors (Lipinski definition) is 4. The minimum absolute atomic E-state index is 0.0201. The van der Waals surface area contributed by atoms with E-state index >= 15 is 0 Å². The molecule has 2 atom stereocenters. The highest BCUT2D eigenvalue weighted by molar-refractivity contribution is 5.92. The predicted molar refractivity (Wildman–Crippen MR) is 81.1 cm³/mol. The largest absolute Gasteiger partial charge is 0.325 e. The maximum absolute atomic E-state index is 12.0. The smallest absolute Gasteiger partial charge is 0.269 e. The van der Waals surface area contributed by atoms with E-state index < -0.39 is 4.92 Å². The van der Waals surface area contributed by atoms with Crippen molar-refractivity contribution >= 4 is 17.3 Å². The first-order valence-electron chi connectivity index (χ1n) is 7.20. The molecular formula is C15H21N3O3. The van der Waals surface area contributed by atoms with E-state index in [1.54, 1.807) is 12.1 Å². The first-order valence-corrected chi connectivity index (χ1v) is 7.20. The molecule has 0 saturated carbocycles. The van der Waals surface area contributed by atoms with Crippen molar-refractivity contribution in [3.63, 3.8) is 0 Å². The number of nitrogens with one attached hydrogen (secondary N) is 1. The van der Waals surface area contributed by atoms with Crippen LogP contribution in [0.2, 0.25) is 0 Å². The van der Waals surface area contributed by atoms with Crippen molar-refractivity contribution in [3.05, 3.63) is 34.4 Å². The molecule has 1 aromatic rings. The Morgan fingerprint density at radius 1 is 1.29 bits per heavy atom. The highest BCUT2D eigenvalue weighted by Crippen LogP contribution is 2.21. The molecule has 1 amide bonds. The van der Waals surface area contributed by atoms with Crippen molar-refractivity contribution in [1.82, 2.24) is 4.90 Å². The van der Waals surface area contributed by atoms with Crippen LogP contribution in [-0.2, 0) is 4.79 Å². The molecule has 1 fully saturated rings. The average molecular weight is 291 g/mol. The molecule has 1 aliphatic rings. The van der Waals surface area contributed by atoms with Crippen LogP contribution in [0.25, 0.3) is 0 Å². The van der Waals surface area contributed by atoms with Crippen LogP contribution in [0.1, 0.15) is 20.3 Å². The standard InChI is InChI=1S/C15H21N3O3/c1-11-7-12(2)9-17(8-11)10-15(19)16-13-3-5-14(6-4-13)18(20)21/h3-6,11-12H,7-10H2,1-2H3,(H,16,19)/t11-,12-/m0/s1. The number of benzene rings is 1. The van der Waals surface area contributed by atoms with Crippen molar-refractivity contribution in [1.29, 1.82) is 0 Å². The van der Waals surface area contributed by atoms with Crippen molar-refractivity contribution in [2.45, 2.75) is 20.3 Å². The van der Waals surface area contributed by atoms with E-state index in [1.807, 2.05) is 0 Å². The molecule has 6 heteroatoms. The summed E-state index contributed by atoms with van der Waals surface area (Å²) in [7, 11) is 0. The van der Waals surface area contributed by atoms with E-state index in [2.05, 4.69) is 24.1 Å². The fourth-order valence-electron chi connectivity index (χ4n) is 2.99. The molecule has 0 spiro atoms. The van der Waals surface area contributed by atoms with Gasteiger partial charge in [0.15, 0.2) is 0 Å². The molecule has 21 heavy (non-hydrogen) atoms. The van der Waals surface area contributed by atoms with Gasteiger partial charge >= 0.3 is 0 Å². The van der Waals surface area contributed by atoms with Gasteiger partial charge in [0.2, 0.25) is 5.91 Å². The minimum Gasteiger partial charge on any atom is -0.325 e. The number of anilines is 1. The minimum atomic E-state index is -0.456. The van der Waals surface area contributed by atoms with Gasteiger partial charge in [0.25, 0.3) is 5.69 Å². The Morgan fingerprint density at radius 2 is 1.86 bits per heavy atom. The van der Waals surface area contributed by atoms with Gasteiger partial charge in [0.05, 0.1) is 11.5 Å². The fraction of sp³-hybridized carbons (Fsp3) is 0.533. The number of hydrogen-bond donors (Lipinski definition) is 1. The Morgan fingerprint density at radius 3 is 2.38 bits per heavy atom. The SMILES string of the molecule is C[C@H]1C[C@H](C)CN(CC(=O)Nc2ccc([N+](=O)[O-])cc2)C1. The van der Waals surface area contributed by atoms with Crippen LogP contribution in [0.4, 0.5) is 11.4 Å². The molecule has 0 aromatic heterocycles. The van der Waals surface area contributed by atoms with Gasteiger partial charge in [0, 0.05) is 30.9 Å². The quantitative estimate of drug-likeness (QED) is 0.683. The third-order valence-electron chi connectivity index (χ3n) is 3.67. The van der Waals surface area contributed by atoms with Gasteiger partial charge in [-0.15, -0.1) is 0 Å². The zero-order chi connectivity index (χ0) is 15.4. The third-order valence-corrected chi connectivity index (χ3v) is 3.67. The molecule has 0 radical (unpaired) electrons. The topological polar surface area (TPSA) is 75.5 Å². The highest BCUT2D eigenvalue weighted by Gasteiger charge is 2.23. The fourth-order valence-corrected chi connectivity index (χ4v) is 2.99. The summed E-state index contributed by atoms with van der Waals surface area (Å²) >= 11 is 0. The summed E-state index contributed by atoms with van der Waals surface area (Å²) in [6.07, 6.45) is 1.21. The van der Waals surface area contributed by atoms with E-state index in [1.165, 1.54) is 18.6 Å². The highest BCUT2D eigenvalue weighted by atomic mass is 16.6. The Hall–Kier alpha value is -1.95. The number of carbonyl (C=O) groups excluding carboxylic acids is 1. The van der Waals surface area contributed by atoms with E-state index in [9.17, 15) is 14.9 Å². The van der Waals surface area contributed by atoms with Crippen LogP contribution < -0.4 is 5.32 Å². The number of nitrogens with zero attached hydrogens (tertiary/aromatic N) is 2. The molecule has 1 N–H and O–H groups in total. The molecule has 6 nitrogen and oxygen atoms in total. The van der Waals surface area contributed by atoms with Gasteiger partial charge in [0.1, 0.15) is 0 Å².